The lowest BCUT2D eigenvalue weighted by atomic mass is 10.3. The molecule has 1 aromatic heterocycles. The standard InChI is InChI=1S/C15H12ClN3O3S/c1-22-10-7-8-12-13(9-10)18-15(14(16)17-12)19-23(20,21)11-5-3-2-4-6-11/h2-9H,1H3,(H,18,19). The first-order valence-electron chi connectivity index (χ1n) is 6.59. The molecule has 3 aromatic rings. The topological polar surface area (TPSA) is 81.2 Å². The van der Waals surface area contributed by atoms with Gasteiger partial charge in [0.2, 0.25) is 0 Å². The molecule has 118 valence electrons. The van der Waals surface area contributed by atoms with E-state index >= 15 is 0 Å². The van der Waals surface area contributed by atoms with Crippen LogP contribution in [0.4, 0.5) is 5.82 Å². The van der Waals surface area contributed by atoms with E-state index in [-0.39, 0.29) is 15.9 Å². The van der Waals surface area contributed by atoms with Crippen LogP contribution in [0.25, 0.3) is 11.0 Å². The summed E-state index contributed by atoms with van der Waals surface area (Å²) in [5.74, 6) is 0.558. The van der Waals surface area contributed by atoms with Crippen molar-refractivity contribution in [3.8, 4) is 5.75 Å². The molecule has 0 atom stereocenters. The van der Waals surface area contributed by atoms with Crippen molar-refractivity contribution in [2.75, 3.05) is 11.8 Å². The van der Waals surface area contributed by atoms with Crippen LogP contribution in [0.15, 0.2) is 53.4 Å². The van der Waals surface area contributed by atoms with Crippen LogP contribution in [-0.4, -0.2) is 25.5 Å². The number of nitrogens with one attached hydrogen (secondary N) is 1. The van der Waals surface area contributed by atoms with Crippen LogP contribution in [0.1, 0.15) is 0 Å². The Morgan fingerprint density at radius 2 is 1.78 bits per heavy atom. The highest BCUT2D eigenvalue weighted by Gasteiger charge is 2.17. The Morgan fingerprint density at radius 3 is 2.48 bits per heavy atom. The molecule has 2 aromatic carbocycles. The summed E-state index contributed by atoms with van der Waals surface area (Å²) in [5.41, 5.74) is 1.01. The first-order valence-corrected chi connectivity index (χ1v) is 8.45. The second-order valence-electron chi connectivity index (χ2n) is 4.64. The highest BCUT2D eigenvalue weighted by atomic mass is 35.5. The minimum atomic E-state index is -3.79. The Bertz CT molecular complexity index is 962. The second-order valence-corrected chi connectivity index (χ2v) is 6.68. The Labute approximate surface area is 138 Å². The van der Waals surface area contributed by atoms with Crippen LogP contribution < -0.4 is 9.46 Å². The number of nitrogens with zero attached hydrogens (tertiary/aromatic N) is 2. The largest absolute Gasteiger partial charge is 0.497 e. The molecule has 0 spiro atoms. The molecule has 0 saturated carbocycles. The summed E-state index contributed by atoms with van der Waals surface area (Å²) < 4.78 is 32.2. The number of hydrogen-bond acceptors (Lipinski definition) is 5. The SMILES string of the molecule is COc1ccc2nc(Cl)c(NS(=O)(=O)c3ccccc3)nc2c1. The van der Waals surface area contributed by atoms with Gasteiger partial charge in [-0.25, -0.2) is 18.4 Å². The van der Waals surface area contributed by atoms with Gasteiger partial charge in [0.25, 0.3) is 10.0 Å². The molecule has 1 N–H and O–H groups in total. The van der Waals surface area contributed by atoms with E-state index in [0.717, 1.165) is 0 Å². The van der Waals surface area contributed by atoms with Crippen molar-refractivity contribution in [3.05, 3.63) is 53.7 Å². The molecule has 0 unspecified atom stereocenters. The smallest absolute Gasteiger partial charge is 0.263 e. The minimum Gasteiger partial charge on any atom is -0.497 e. The van der Waals surface area contributed by atoms with Crippen molar-refractivity contribution >= 4 is 38.5 Å². The maximum atomic E-state index is 12.4. The Kier molecular flexibility index (Phi) is 4.06. The zero-order chi connectivity index (χ0) is 16.4. The zero-order valence-electron chi connectivity index (χ0n) is 12.0. The Balaban J connectivity index is 2.04. The van der Waals surface area contributed by atoms with Gasteiger partial charge in [-0.15, -0.1) is 0 Å². The first kappa shape index (κ1) is 15.5. The Morgan fingerprint density at radius 1 is 1.04 bits per heavy atom. The maximum absolute atomic E-state index is 12.4. The number of ether oxygens (including phenoxy) is 1. The molecule has 0 saturated heterocycles. The normalized spacial score (nSPS) is 11.4. The van der Waals surface area contributed by atoms with Crippen LogP contribution in [0.5, 0.6) is 5.75 Å². The van der Waals surface area contributed by atoms with Crippen LogP contribution in [0, 0.1) is 0 Å². The predicted molar refractivity (Wildman–Crippen MR) is 88.4 cm³/mol. The number of hydrogen-bond donors (Lipinski definition) is 1. The van der Waals surface area contributed by atoms with Gasteiger partial charge < -0.3 is 4.74 Å². The molecule has 1 heterocycles. The number of benzene rings is 2. The van der Waals surface area contributed by atoms with E-state index < -0.39 is 10.0 Å². The van der Waals surface area contributed by atoms with E-state index in [9.17, 15) is 8.42 Å². The fourth-order valence-corrected chi connectivity index (χ4v) is 3.26. The average molecular weight is 350 g/mol. The number of rotatable bonds is 4. The van der Waals surface area contributed by atoms with Crippen LogP contribution in [0.3, 0.4) is 0 Å². The third kappa shape index (κ3) is 3.20. The fourth-order valence-electron chi connectivity index (χ4n) is 1.99. The molecule has 0 radical (unpaired) electrons. The average Bonchev–Trinajstić information content (AvgIpc) is 2.56. The minimum absolute atomic E-state index is 0.0258. The van der Waals surface area contributed by atoms with Gasteiger partial charge in [0.15, 0.2) is 11.0 Å². The molecule has 0 aliphatic rings. The van der Waals surface area contributed by atoms with E-state index in [1.54, 1.807) is 36.4 Å². The lowest BCUT2D eigenvalue weighted by Crippen LogP contribution is -2.14. The predicted octanol–water partition coefficient (Wildman–Crippen LogP) is 3.09. The summed E-state index contributed by atoms with van der Waals surface area (Å²) in [5, 5.41) is -0.0258. The number of methoxy groups -OCH3 is 1. The fraction of sp³-hybridized carbons (Fsp3) is 0.0667. The molecule has 0 bridgehead atoms. The van der Waals surface area contributed by atoms with Gasteiger partial charge in [0.05, 0.1) is 23.0 Å². The number of fused-ring (bicyclic) bond motifs is 1. The number of aromatic nitrogens is 2. The lowest BCUT2D eigenvalue weighted by Gasteiger charge is -2.09. The molecule has 0 amide bonds. The molecule has 23 heavy (non-hydrogen) atoms. The third-order valence-electron chi connectivity index (χ3n) is 3.11. The van der Waals surface area contributed by atoms with Gasteiger partial charge >= 0.3 is 0 Å². The number of sulfonamides is 1. The zero-order valence-corrected chi connectivity index (χ0v) is 13.6. The van der Waals surface area contributed by atoms with E-state index in [1.807, 2.05) is 0 Å². The molecule has 0 aliphatic heterocycles. The molecular formula is C15H12ClN3O3S. The summed E-state index contributed by atoms with van der Waals surface area (Å²) >= 11 is 6.04. The van der Waals surface area contributed by atoms with Crippen LogP contribution >= 0.6 is 11.6 Å². The van der Waals surface area contributed by atoms with Gasteiger partial charge in [-0.2, -0.15) is 0 Å². The number of anilines is 1. The molecule has 0 aliphatic carbocycles. The van der Waals surface area contributed by atoms with Crippen molar-refractivity contribution < 1.29 is 13.2 Å². The van der Waals surface area contributed by atoms with Crippen LogP contribution in [-0.2, 0) is 10.0 Å². The van der Waals surface area contributed by atoms with Gasteiger partial charge in [-0.1, -0.05) is 29.8 Å². The van der Waals surface area contributed by atoms with E-state index in [1.165, 1.54) is 19.2 Å². The van der Waals surface area contributed by atoms with Gasteiger partial charge in [-0.3, -0.25) is 4.72 Å². The van der Waals surface area contributed by atoms with Crippen molar-refractivity contribution in [2.45, 2.75) is 4.90 Å². The lowest BCUT2D eigenvalue weighted by molar-refractivity contribution is 0.415. The quantitative estimate of drug-likeness (QED) is 0.782. The van der Waals surface area contributed by atoms with Crippen molar-refractivity contribution in [1.82, 2.24) is 9.97 Å². The van der Waals surface area contributed by atoms with Gasteiger partial charge in [0, 0.05) is 6.07 Å². The monoisotopic (exact) mass is 349 g/mol. The second kappa shape index (κ2) is 6.02. The summed E-state index contributed by atoms with van der Waals surface area (Å²) in [6.45, 7) is 0. The summed E-state index contributed by atoms with van der Waals surface area (Å²) in [6.07, 6.45) is 0. The van der Waals surface area contributed by atoms with Crippen LogP contribution in [0.2, 0.25) is 5.15 Å². The molecule has 0 fully saturated rings. The molecule has 6 nitrogen and oxygen atoms in total. The van der Waals surface area contributed by atoms with Crippen molar-refractivity contribution in [3.63, 3.8) is 0 Å². The van der Waals surface area contributed by atoms with Gasteiger partial charge in [-0.05, 0) is 24.3 Å². The van der Waals surface area contributed by atoms with Crippen molar-refractivity contribution in [1.29, 1.82) is 0 Å². The summed E-state index contributed by atoms with van der Waals surface area (Å²) in [7, 11) is -2.26. The van der Waals surface area contributed by atoms with E-state index in [0.29, 0.717) is 16.8 Å². The number of halogens is 1. The van der Waals surface area contributed by atoms with E-state index in [2.05, 4.69) is 14.7 Å². The first-order chi connectivity index (χ1) is 11.0. The Hall–Kier alpha value is -2.38. The molecular weight excluding hydrogens is 338 g/mol. The van der Waals surface area contributed by atoms with Gasteiger partial charge in [0.1, 0.15) is 5.75 Å². The summed E-state index contributed by atoms with van der Waals surface area (Å²) in [4.78, 5) is 8.49. The highest BCUT2D eigenvalue weighted by molar-refractivity contribution is 7.92. The molecule has 3 rings (SSSR count). The third-order valence-corrected chi connectivity index (χ3v) is 4.73. The van der Waals surface area contributed by atoms with E-state index in [4.69, 9.17) is 16.3 Å². The summed E-state index contributed by atoms with van der Waals surface area (Å²) in [6, 6.07) is 13.0. The maximum Gasteiger partial charge on any atom is 0.263 e. The molecule has 8 heteroatoms. The van der Waals surface area contributed by atoms with Crippen molar-refractivity contribution in [2.24, 2.45) is 0 Å². The highest BCUT2D eigenvalue weighted by Crippen LogP contribution is 2.26.